The second-order valence-corrected chi connectivity index (χ2v) is 9.36. The van der Waals surface area contributed by atoms with E-state index in [4.69, 9.17) is 10.5 Å². The summed E-state index contributed by atoms with van der Waals surface area (Å²) in [4.78, 5) is 14.2. The number of likely N-dealkylation sites (tertiary alicyclic amines) is 1. The van der Waals surface area contributed by atoms with E-state index in [1.165, 1.54) is 16.7 Å². The molecule has 0 spiro atoms. The number of carbonyl (C=O) groups is 1. The molecule has 190 valence electrons. The highest BCUT2D eigenvalue weighted by Gasteiger charge is 2.22. The van der Waals surface area contributed by atoms with Crippen LogP contribution in [-0.2, 0) is 6.42 Å². The Labute approximate surface area is 219 Å². The molecule has 2 N–H and O–H groups in total. The molecule has 5 rings (SSSR count). The molecule has 2 heterocycles. The molecular formula is C32H35N3O2. The molecule has 0 radical (unpaired) electrons. The van der Waals surface area contributed by atoms with Crippen molar-refractivity contribution in [2.45, 2.75) is 32.2 Å². The number of piperidine rings is 1. The highest BCUT2D eigenvalue weighted by atomic mass is 16.5. The first-order valence-corrected chi connectivity index (χ1v) is 12.8. The minimum atomic E-state index is -0.378. The van der Waals surface area contributed by atoms with Crippen LogP contribution in [-0.4, -0.2) is 42.1 Å². The van der Waals surface area contributed by atoms with Crippen LogP contribution in [0.25, 0.3) is 22.0 Å². The Morgan fingerprint density at radius 1 is 1.03 bits per heavy atom. The van der Waals surface area contributed by atoms with Gasteiger partial charge in [0.25, 0.3) is 0 Å². The summed E-state index contributed by atoms with van der Waals surface area (Å²) in [6.07, 6.45) is 9.89. The SMILES string of the molecule is C#CC.COc1ccc(-c2ccccc2)cc1CCN1CCC(n2ccc3ccc(C(N)=O)cc32)CC1. The number of terminal acetylenes is 1. The van der Waals surface area contributed by atoms with Crippen molar-refractivity contribution < 1.29 is 9.53 Å². The van der Waals surface area contributed by atoms with Crippen LogP contribution in [0.2, 0.25) is 0 Å². The average Bonchev–Trinajstić information content (AvgIpc) is 3.36. The lowest BCUT2D eigenvalue weighted by molar-refractivity contribution is 0.100. The van der Waals surface area contributed by atoms with Crippen molar-refractivity contribution in [1.29, 1.82) is 0 Å². The first-order valence-electron chi connectivity index (χ1n) is 12.8. The van der Waals surface area contributed by atoms with E-state index in [1.807, 2.05) is 18.2 Å². The molecule has 0 aliphatic carbocycles. The van der Waals surface area contributed by atoms with E-state index in [-0.39, 0.29) is 5.91 Å². The summed E-state index contributed by atoms with van der Waals surface area (Å²) in [6, 6.07) is 25.3. The molecule has 1 saturated heterocycles. The van der Waals surface area contributed by atoms with Crippen molar-refractivity contribution in [3.63, 3.8) is 0 Å². The number of hydrogen-bond donors (Lipinski definition) is 1. The quantitative estimate of drug-likeness (QED) is 0.324. The van der Waals surface area contributed by atoms with Gasteiger partial charge in [0.1, 0.15) is 5.75 Å². The lowest BCUT2D eigenvalue weighted by Crippen LogP contribution is -2.35. The molecule has 0 bridgehead atoms. The van der Waals surface area contributed by atoms with Crippen LogP contribution in [0.15, 0.2) is 79.0 Å². The average molecular weight is 494 g/mol. The van der Waals surface area contributed by atoms with Gasteiger partial charge in [-0.3, -0.25) is 4.79 Å². The van der Waals surface area contributed by atoms with Crippen LogP contribution >= 0.6 is 0 Å². The van der Waals surface area contributed by atoms with Gasteiger partial charge in [-0.1, -0.05) is 42.5 Å². The smallest absolute Gasteiger partial charge is 0.248 e. The van der Waals surface area contributed by atoms with Crippen LogP contribution in [0.4, 0.5) is 0 Å². The highest BCUT2D eigenvalue weighted by Crippen LogP contribution is 2.30. The van der Waals surface area contributed by atoms with E-state index in [0.29, 0.717) is 11.6 Å². The van der Waals surface area contributed by atoms with E-state index in [2.05, 4.69) is 76.5 Å². The molecule has 0 saturated carbocycles. The Kier molecular flexibility index (Phi) is 8.66. The van der Waals surface area contributed by atoms with Gasteiger partial charge in [-0.15, -0.1) is 12.3 Å². The highest BCUT2D eigenvalue weighted by molar-refractivity contribution is 5.97. The Balaban J connectivity index is 0.00000102. The maximum atomic E-state index is 11.6. The normalized spacial score (nSPS) is 14.0. The van der Waals surface area contributed by atoms with Crippen molar-refractivity contribution in [1.82, 2.24) is 9.47 Å². The third-order valence-electron chi connectivity index (χ3n) is 7.04. The molecule has 1 aliphatic heterocycles. The maximum absolute atomic E-state index is 11.6. The second-order valence-electron chi connectivity index (χ2n) is 9.36. The number of ether oxygens (including phenoxy) is 1. The first-order chi connectivity index (χ1) is 18.0. The van der Waals surface area contributed by atoms with E-state index >= 15 is 0 Å². The van der Waals surface area contributed by atoms with Gasteiger partial charge in [0.15, 0.2) is 0 Å². The third kappa shape index (κ3) is 6.22. The fraction of sp³-hybridized carbons (Fsp3) is 0.281. The molecule has 5 heteroatoms. The number of methoxy groups -OCH3 is 1. The zero-order valence-electron chi connectivity index (χ0n) is 21.7. The van der Waals surface area contributed by atoms with Gasteiger partial charge in [0.05, 0.1) is 7.11 Å². The van der Waals surface area contributed by atoms with Crippen LogP contribution in [0.3, 0.4) is 0 Å². The first kappa shape index (κ1) is 26.1. The van der Waals surface area contributed by atoms with E-state index in [1.54, 1.807) is 20.1 Å². The van der Waals surface area contributed by atoms with Gasteiger partial charge in [0, 0.05) is 43.0 Å². The molecule has 1 fully saturated rings. The Bertz CT molecular complexity index is 1380. The second kappa shape index (κ2) is 12.3. The number of benzene rings is 3. The van der Waals surface area contributed by atoms with E-state index < -0.39 is 0 Å². The topological polar surface area (TPSA) is 60.5 Å². The molecule has 1 amide bonds. The zero-order chi connectivity index (χ0) is 26.2. The van der Waals surface area contributed by atoms with Crippen molar-refractivity contribution in [2.75, 3.05) is 26.7 Å². The summed E-state index contributed by atoms with van der Waals surface area (Å²) in [5, 5.41) is 1.15. The monoisotopic (exact) mass is 493 g/mol. The van der Waals surface area contributed by atoms with Gasteiger partial charge in [-0.2, -0.15) is 0 Å². The van der Waals surface area contributed by atoms with E-state index in [0.717, 1.165) is 55.5 Å². The Hall–Kier alpha value is -4.01. The number of rotatable bonds is 7. The van der Waals surface area contributed by atoms with Crippen LogP contribution in [0, 0.1) is 12.3 Å². The van der Waals surface area contributed by atoms with E-state index in [9.17, 15) is 4.79 Å². The summed E-state index contributed by atoms with van der Waals surface area (Å²) < 4.78 is 7.98. The fourth-order valence-electron chi connectivity index (χ4n) is 5.10. The van der Waals surface area contributed by atoms with Gasteiger partial charge >= 0.3 is 0 Å². The molecule has 5 nitrogen and oxygen atoms in total. The van der Waals surface area contributed by atoms with Crippen LogP contribution in [0.5, 0.6) is 5.75 Å². The predicted molar refractivity (Wildman–Crippen MR) is 152 cm³/mol. The molecule has 1 aliphatic rings. The summed E-state index contributed by atoms with van der Waals surface area (Å²) in [6.45, 7) is 4.78. The molecular weight excluding hydrogens is 458 g/mol. The third-order valence-corrected chi connectivity index (χ3v) is 7.04. The minimum absolute atomic E-state index is 0.378. The summed E-state index contributed by atoms with van der Waals surface area (Å²) in [5.74, 6) is 2.83. The largest absolute Gasteiger partial charge is 0.496 e. The number of aromatic nitrogens is 1. The summed E-state index contributed by atoms with van der Waals surface area (Å²) in [5.41, 5.74) is 10.9. The van der Waals surface area contributed by atoms with Gasteiger partial charge in [0.2, 0.25) is 5.91 Å². The summed E-state index contributed by atoms with van der Waals surface area (Å²) >= 11 is 0. The van der Waals surface area contributed by atoms with Crippen molar-refractivity contribution >= 4 is 16.8 Å². The predicted octanol–water partition coefficient (Wildman–Crippen LogP) is 5.93. The number of hydrogen-bond acceptors (Lipinski definition) is 3. The molecule has 3 aromatic carbocycles. The Morgan fingerprint density at radius 3 is 2.43 bits per heavy atom. The van der Waals surface area contributed by atoms with Gasteiger partial charge < -0.3 is 19.9 Å². The number of fused-ring (bicyclic) bond motifs is 1. The van der Waals surface area contributed by atoms with Gasteiger partial charge in [-0.25, -0.2) is 0 Å². The lowest BCUT2D eigenvalue weighted by Gasteiger charge is -2.33. The molecule has 4 aromatic rings. The van der Waals surface area contributed by atoms with Crippen LogP contribution in [0.1, 0.15) is 41.7 Å². The number of nitrogens with two attached hydrogens (primary N) is 1. The minimum Gasteiger partial charge on any atom is -0.496 e. The molecule has 37 heavy (non-hydrogen) atoms. The maximum Gasteiger partial charge on any atom is 0.248 e. The van der Waals surface area contributed by atoms with Crippen molar-refractivity contribution in [3.05, 3.63) is 90.1 Å². The number of primary amides is 1. The standard InChI is InChI=1S/C29H31N3O2.C3H4/c1-34-28-10-9-23(21-5-3-2-4-6-21)19-24(28)11-15-31-16-13-26(14-17-31)32-18-12-22-7-8-25(29(30)33)20-27(22)32;1-3-2/h2-10,12,18-20,26H,11,13-17H2,1H3,(H2,30,33);1H,2H3. The number of amides is 1. The lowest BCUT2D eigenvalue weighted by atomic mass is 10.00. The number of nitrogens with zero attached hydrogens (tertiary/aromatic N) is 2. The van der Waals surface area contributed by atoms with Crippen LogP contribution < -0.4 is 10.5 Å². The van der Waals surface area contributed by atoms with Crippen molar-refractivity contribution in [3.8, 4) is 29.2 Å². The number of carbonyl (C=O) groups excluding carboxylic acids is 1. The Morgan fingerprint density at radius 2 is 1.76 bits per heavy atom. The summed E-state index contributed by atoms with van der Waals surface area (Å²) in [7, 11) is 1.75. The molecule has 0 atom stereocenters. The molecule has 1 aromatic heterocycles. The fourth-order valence-corrected chi connectivity index (χ4v) is 5.10. The molecule has 0 unspecified atom stereocenters. The van der Waals surface area contributed by atoms with Gasteiger partial charge in [-0.05, 0) is 78.6 Å². The zero-order valence-corrected chi connectivity index (χ0v) is 21.7. The van der Waals surface area contributed by atoms with Crippen molar-refractivity contribution in [2.24, 2.45) is 5.73 Å².